The number of furan rings is 1. The van der Waals surface area contributed by atoms with Crippen LogP contribution >= 0.6 is 0 Å². The molecule has 0 bridgehead atoms. The second-order valence-corrected chi connectivity index (χ2v) is 4.18. The highest BCUT2D eigenvalue weighted by molar-refractivity contribution is 6.06. The first kappa shape index (κ1) is 14.4. The van der Waals surface area contributed by atoms with Gasteiger partial charge >= 0.3 is 5.97 Å². The quantitative estimate of drug-likeness (QED) is 0.822. The van der Waals surface area contributed by atoms with Crippen molar-refractivity contribution >= 4 is 23.6 Å². The van der Waals surface area contributed by atoms with E-state index < -0.39 is 18.4 Å². The van der Waals surface area contributed by atoms with Crippen molar-refractivity contribution in [3.05, 3.63) is 54.5 Å². The number of anilines is 1. The van der Waals surface area contributed by atoms with Crippen molar-refractivity contribution in [1.29, 1.82) is 0 Å². The minimum Gasteiger partial charge on any atom is -0.508 e. The molecule has 6 heteroatoms. The summed E-state index contributed by atoms with van der Waals surface area (Å²) in [6, 6.07) is 9.06. The average molecular weight is 287 g/mol. The van der Waals surface area contributed by atoms with Gasteiger partial charge in [0.2, 0.25) is 0 Å². The number of hydrogen-bond acceptors (Lipinski definition) is 4. The Kier molecular flexibility index (Phi) is 4.40. The van der Waals surface area contributed by atoms with Crippen LogP contribution in [-0.2, 0) is 9.59 Å². The van der Waals surface area contributed by atoms with E-state index in [4.69, 9.17) is 9.52 Å². The van der Waals surface area contributed by atoms with Crippen LogP contribution in [0.15, 0.2) is 53.2 Å². The van der Waals surface area contributed by atoms with E-state index in [9.17, 15) is 14.7 Å². The summed E-state index contributed by atoms with van der Waals surface area (Å²) in [5.41, 5.74) is 0.379. The molecule has 0 atom stereocenters. The number of phenols is 1. The number of carboxylic acid groups (broad SMARTS) is 1. The molecule has 2 N–H and O–H groups in total. The SMILES string of the molecule is O=C(O)CN(C(=O)/C=C/c1ccco1)c1ccc(O)cc1. The summed E-state index contributed by atoms with van der Waals surface area (Å²) >= 11 is 0. The molecule has 108 valence electrons. The standard InChI is InChI=1S/C15H13NO5/c17-12-5-3-11(4-6-12)16(10-15(19)20)14(18)8-7-13-2-1-9-21-13/h1-9,17H,10H2,(H,19,20)/b8-7+. The molecule has 1 aromatic carbocycles. The molecule has 0 aliphatic heterocycles. The van der Waals surface area contributed by atoms with Gasteiger partial charge in [0.25, 0.3) is 5.91 Å². The number of aliphatic carboxylic acids is 1. The van der Waals surface area contributed by atoms with E-state index in [-0.39, 0.29) is 5.75 Å². The van der Waals surface area contributed by atoms with Gasteiger partial charge in [0.05, 0.1) is 6.26 Å². The van der Waals surface area contributed by atoms with Gasteiger partial charge in [-0.3, -0.25) is 14.5 Å². The summed E-state index contributed by atoms with van der Waals surface area (Å²) in [5, 5.41) is 18.2. The number of carbonyl (C=O) groups is 2. The second kappa shape index (κ2) is 6.42. The molecule has 1 heterocycles. The minimum absolute atomic E-state index is 0.0348. The van der Waals surface area contributed by atoms with E-state index in [1.807, 2.05) is 0 Å². The maximum atomic E-state index is 12.1. The molecule has 1 amide bonds. The zero-order valence-corrected chi connectivity index (χ0v) is 11.0. The maximum absolute atomic E-state index is 12.1. The summed E-state index contributed by atoms with van der Waals surface area (Å²) in [6.45, 7) is -0.480. The number of nitrogens with zero attached hydrogens (tertiary/aromatic N) is 1. The fourth-order valence-corrected chi connectivity index (χ4v) is 1.69. The van der Waals surface area contributed by atoms with E-state index in [0.29, 0.717) is 11.4 Å². The Balaban J connectivity index is 2.20. The van der Waals surface area contributed by atoms with Crippen molar-refractivity contribution in [2.45, 2.75) is 0 Å². The number of hydrogen-bond donors (Lipinski definition) is 2. The first-order chi connectivity index (χ1) is 10.1. The summed E-state index contributed by atoms with van der Waals surface area (Å²) < 4.78 is 5.06. The van der Waals surface area contributed by atoms with Crippen LogP contribution in [-0.4, -0.2) is 28.6 Å². The number of aromatic hydroxyl groups is 1. The van der Waals surface area contributed by atoms with Crippen molar-refractivity contribution < 1.29 is 24.2 Å². The molecule has 2 rings (SSSR count). The first-order valence-corrected chi connectivity index (χ1v) is 6.10. The molecule has 2 aromatic rings. The number of benzene rings is 1. The van der Waals surface area contributed by atoms with Crippen LogP contribution in [0.2, 0.25) is 0 Å². The van der Waals surface area contributed by atoms with E-state index in [1.54, 1.807) is 12.1 Å². The Bertz CT molecular complexity index is 643. The Morgan fingerprint density at radius 1 is 1.19 bits per heavy atom. The van der Waals surface area contributed by atoms with Crippen LogP contribution in [0.25, 0.3) is 6.08 Å². The second-order valence-electron chi connectivity index (χ2n) is 4.18. The van der Waals surface area contributed by atoms with Gasteiger partial charge in [-0.25, -0.2) is 0 Å². The van der Waals surface area contributed by atoms with Crippen molar-refractivity contribution in [3.8, 4) is 5.75 Å². The van der Waals surface area contributed by atoms with Crippen molar-refractivity contribution in [2.75, 3.05) is 11.4 Å². The molecule has 6 nitrogen and oxygen atoms in total. The lowest BCUT2D eigenvalue weighted by atomic mass is 10.2. The fraction of sp³-hybridized carbons (Fsp3) is 0.0667. The van der Waals surface area contributed by atoms with E-state index in [0.717, 1.165) is 4.90 Å². The topological polar surface area (TPSA) is 91.0 Å². The zero-order valence-electron chi connectivity index (χ0n) is 11.0. The smallest absolute Gasteiger partial charge is 0.323 e. The monoisotopic (exact) mass is 287 g/mol. The average Bonchev–Trinajstić information content (AvgIpc) is 2.96. The van der Waals surface area contributed by atoms with Crippen molar-refractivity contribution in [2.24, 2.45) is 0 Å². The van der Waals surface area contributed by atoms with Gasteiger partial charge in [0.15, 0.2) is 0 Å². The Hall–Kier alpha value is -3.02. The number of carboxylic acids is 1. The third-order valence-corrected chi connectivity index (χ3v) is 2.65. The van der Waals surface area contributed by atoms with Crippen LogP contribution in [0.1, 0.15) is 5.76 Å². The lowest BCUT2D eigenvalue weighted by molar-refractivity contribution is -0.136. The summed E-state index contributed by atoms with van der Waals surface area (Å²) in [5.74, 6) is -1.11. The molecule has 0 unspecified atom stereocenters. The minimum atomic E-state index is -1.14. The number of amides is 1. The van der Waals surface area contributed by atoms with Crippen molar-refractivity contribution in [3.63, 3.8) is 0 Å². The van der Waals surface area contributed by atoms with Crippen LogP contribution < -0.4 is 4.90 Å². The Morgan fingerprint density at radius 2 is 1.90 bits per heavy atom. The highest BCUT2D eigenvalue weighted by Crippen LogP contribution is 2.19. The van der Waals surface area contributed by atoms with Gasteiger partial charge in [-0.2, -0.15) is 0 Å². The number of rotatable bonds is 5. The molecule has 0 aliphatic carbocycles. The van der Waals surface area contributed by atoms with Gasteiger partial charge in [-0.05, 0) is 42.5 Å². The molecule has 0 spiro atoms. The van der Waals surface area contributed by atoms with Gasteiger partial charge in [0, 0.05) is 11.8 Å². The predicted molar refractivity (Wildman–Crippen MR) is 75.8 cm³/mol. The van der Waals surface area contributed by atoms with E-state index in [1.165, 1.54) is 42.7 Å². The molecule has 1 aromatic heterocycles. The molecule has 21 heavy (non-hydrogen) atoms. The third kappa shape index (κ3) is 3.97. The van der Waals surface area contributed by atoms with Crippen molar-refractivity contribution in [1.82, 2.24) is 0 Å². The highest BCUT2D eigenvalue weighted by Gasteiger charge is 2.16. The Morgan fingerprint density at radius 3 is 2.48 bits per heavy atom. The van der Waals surface area contributed by atoms with Gasteiger partial charge < -0.3 is 14.6 Å². The van der Waals surface area contributed by atoms with Crippen LogP contribution in [0.3, 0.4) is 0 Å². The zero-order chi connectivity index (χ0) is 15.2. The molecular formula is C15H13NO5. The third-order valence-electron chi connectivity index (χ3n) is 2.65. The fourth-order valence-electron chi connectivity index (χ4n) is 1.69. The molecular weight excluding hydrogens is 274 g/mol. The maximum Gasteiger partial charge on any atom is 0.323 e. The number of carbonyl (C=O) groups excluding carboxylic acids is 1. The first-order valence-electron chi connectivity index (χ1n) is 6.10. The normalized spacial score (nSPS) is 10.7. The molecule has 0 fully saturated rings. The predicted octanol–water partition coefficient (Wildman–Crippen LogP) is 2.12. The van der Waals surface area contributed by atoms with Crippen LogP contribution in [0.4, 0.5) is 5.69 Å². The molecule has 0 radical (unpaired) electrons. The van der Waals surface area contributed by atoms with E-state index >= 15 is 0 Å². The Labute approximate surface area is 120 Å². The van der Waals surface area contributed by atoms with Crippen LogP contribution in [0.5, 0.6) is 5.75 Å². The summed E-state index contributed by atoms with van der Waals surface area (Å²) in [4.78, 5) is 24.1. The van der Waals surface area contributed by atoms with Gasteiger partial charge in [-0.15, -0.1) is 0 Å². The number of phenolic OH excluding ortho intramolecular Hbond substituents is 1. The lowest BCUT2D eigenvalue weighted by Crippen LogP contribution is -2.34. The van der Waals surface area contributed by atoms with E-state index in [2.05, 4.69) is 0 Å². The lowest BCUT2D eigenvalue weighted by Gasteiger charge is -2.19. The van der Waals surface area contributed by atoms with Gasteiger partial charge in [0.1, 0.15) is 18.1 Å². The molecule has 0 saturated heterocycles. The molecule has 0 saturated carbocycles. The summed E-state index contributed by atoms with van der Waals surface area (Å²) in [6.07, 6.45) is 4.16. The highest BCUT2D eigenvalue weighted by atomic mass is 16.4. The summed E-state index contributed by atoms with van der Waals surface area (Å²) in [7, 11) is 0. The molecule has 0 aliphatic rings. The van der Waals surface area contributed by atoms with Crippen LogP contribution in [0, 0.1) is 0 Å². The largest absolute Gasteiger partial charge is 0.508 e. The van der Waals surface area contributed by atoms with Gasteiger partial charge in [-0.1, -0.05) is 0 Å².